The Labute approximate surface area is 222 Å². The van der Waals surface area contributed by atoms with E-state index >= 15 is 0 Å². The molecule has 2 aliphatic rings. The maximum atomic E-state index is 13.4. The van der Waals surface area contributed by atoms with Crippen LogP contribution in [0.2, 0.25) is 0 Å². The Kier molecular flexibility index (Phi) is 6.40. The van der Waals surface area contributed by atoms with Crippen molar-refractivity contribution in [3.63, 3.8) is 0 Å². The number of hydrogen-bond acceptors (Lipinski definition) is 7. The molecule has 3 heterocycles. The topological polar surface area (TPSA) is 128 Å². The van der Waals surface area contributed by atoms with Crippen LogP contribution in [0.3, 0.4) is 0 Å². The number of urea groups is 1. The number of nitrogens with one attached hydrogen (secondary N) is 2. The maximum Gasteiger partial charge on any atom is 0.501 e. The number of carbonyl (C=O) groups excluding carboxylic acids is 2. The van der Waals surface area contributed by atoms with Crippen LogP contribution in [0, 0.1) is 0 Å². The Morgan fingerprint density at radius 1 is 1.15 bits per heavy atom. The van der Waals surface area contributed by atoms with Gasteiger partial charge in [0.15, 0.2) is 0 Å². The van der Waals surface area contributed by atoms with Gasteiger partial charge in [-0.25, -0.2) is 23.1 Å². The summed E-state index contributed by atoms with van der Waals surface area (Å²) in [5.41, 5.74) is -3.77. The second-order valence-electron chi connectivity index (χ2n) is 10.0. The van der Waals surface area contributed by atoms with Gasteiger partial charge in [-0.15, -0.1) is 0 Å². The number of pyridine rings is 1. The second-order valence-corrected chi connectivity index (χ2v) is 12.0. The molecule has 39 heavy (non-hydrogen) atoms. The van der Waals surface area contributed by atoms with Gasteiger partial charge in [0.05, 0.1) is 16.8 Å². The van der Waals surface area contributed by atoms with Crippen LogP contribution < -0.4 is 10.2 Å². The summed E-state index contributed by atoms with van der Waals surface area (Å²) in [6, 6.07) is 6.48. The van der Waals surface area contributed by atoms with Gasteiger partial charge in [-0.05, 0) is 74.2 Å². The first-order valence-electron chi connectivity index (χ1n) is 12.1. The Hall–Kier alpha value is -3.94. The molecule has 1 aromatic carbocycles. The van der Waals surface area contributed by atoms with Crippen molar-refractivity contribution in [1.82, 2.24) is 20.1 Å². The number of aryl methyl sites for hydroxylation is 1. The van der Waals surface area contributed by atoms with E-state index in [0.29, 0.717) is 11.4 Å². The quantitative estimate of drug-likeness (QED) is 0.437. The summed E-state index contributed by atoms with van der Waals surface area (Å²) in [6.45, 7) is 3.21. The Balaban J connectivity index is 1.33. The third kappa shape index (κ3) is 4.73. The number of carbonyl (C=O) groups is 2. The highest BCUT2D eigenvalue weighted by atomic mass is 32.2. The number of imide groups is 1. The van der Waals surface area contributed by atoms with Crippen LogP contribution in [0.5, 0.6) is 0 Å². The number of halogens is 3. The van der Waals surface area contributed by atoms with Crippen LogP contribution in [0.25, 0.3) is 0 Å². The number of alkyl halides is 3. The molecule has 1 saturated heterocycles. The van der Waals surface area contributed by atoms with Crippen molar-refractivity contribution in [2.45, 2.75) is 61.6 Å². The number of sulfone groups is 1. The van der Waals surface area contributed by atoms with E-state index in [1.165, 1.54) is 10.5 Å². The SMILES string of the molecule is CC1(C)C(=O)N(c2ccc(S(=O)(=O)C(F)(F)F)cc2)C(=O)N1Cc1ccnc(NC2CCc3cn[nH]c3C2)c1. The lowest BCUT2D eigenvalue weighted by Gasteiger charge is -2.28. The van der Waals surface area contributed by atoms with Gasteiger partial charge in [0.1, 0.15) is 11.4 Å². The van der Waals surface area contributed by atoms with E-state index in [4.69, 9.17) is 0 Å². The zero-order chi connectivity index (χ0) is 28.2. The summed E-state index contributed by atoms with van der Waals surface area (Å²) < 4.78 is 62.0. The highest BCUT2D eigenvalue weighted by molar-refractivity contribution is 7.92. The Morgan fingerprint density at radius 3 is 2.56 bits per heavy atom. The lowest BCUT2D eigenvalue weighted by molar-refractivity contribution is -0.123. The number of rotatable bonds is 6. The lowest BCUT2D eigenvalue weighted by atomic mass is 9.94. The average molecular weight is 563 g/mol. The summed E-state index contributed by atoms with van der Waals surface area (Å²) in [6.07, 6.45) is 6.01. The molecular formula is C25H25F3N6O4S. The minimum atomic E-state index is -5.56. The largest absolute Gasteiger partial charge is 0.501 e. The smallest absolute Gasteiger partial charge is 0.367 e. The van der Waals surface area contributed by atoms with E-state index in [1.807, 2.05) is 6.20 Å². The first-order valence-corrected chi connectivity index (χ1v) is 13.6. The highest BCUT2D eigenvalue weighted by Crippen LogP contribution is 2.36. The predicted octanol–water partition coefficient (Wildman–Crippen LogP) is 3.82. The number of nitrogens with zero attached hydrogens (tertiary/aromatic N) is 4. The third-order valence-electron chi connectivity index (χ3n) is 7.07. The molecule has 1 aliphatic carbocycles. The second kappa shape index (κ2) is 9.36. The van der Waals surface area contributed by atoms with Gasteiger partial charge in [0, 0.05) is 30.9 Å². The van der Waals surface area contributed by atoms with E-state index in [0.717, 1.165) is 54.1 Å². The first-order chi connectivity index (χ1) is 18.3. The van der Waals surface area contributed by atoms with Gasteiger partial charge >= 0.3 is 11.5 Å². The van der Waals surface area contributed by atoms with Gasteiger partial charge < -0.3 is 10.2 Å². The van der Waals surface area contributed by atoms with Crippen LogP contribution in [0.1, 0.15) is 37.1 Å². The van der Waals surface area contributed by atoms with Crippen molar-refractivity contribution >= 4 is 33.3 Å². The van der Waals surface area contributed by atoms with Crippen molar-refractivity contribution in [2.24, 2.45) is 0 Å². The fourth-order valence-corrected chi connectivity index (χ4v) is 5.57. The minimum absolute atomic E-state index is 0.0331. The minimum Gasteiger partial charge on any atom is -0.367 e. The van der Waals surface area contributed by atoms with Crippen LogP contribution in [0.15, 0.2) is 53.7 Å². The molecule has 0 radical (unpaired) electrons. The standard InChI is InChI=1S/C25H25F3N6O4S/c1-24(2)22(35)34(18-5-7-19(8-6-18)39(37,38)25(26,27)28)23(36)33(24)14-15-9-10-29-21(11-15)31-17-4-3-16-13-30-32-20(16)12-17/h5-11,13,17H,3-4,12,14H2,1-2H3,(H,29,31)(H,30,32). The molecule has 5 rings (SSSR count). The summed E-state index contributed by atoms with van der Waals surface area (Å²) in [5.74, 6) is 0.0264. The molecule has 2 N–H and O–H groups in total. The van der Waals surface area contributed by atoms with E-state index in [-0.39, 0.29) is 18.3 Å². The van der Waals surface area contributed by atoms with Gasteiger partial charge in [-0.1, -0.05) is 0 Å². The van der Waals surface area contributed by atoms with Gasteiger partial charge in [-0.3, -0.25) is 9.89 Å². The number of aromatic amines is 1. The molecule has 1 fully saturated rings. The molecule has 2 aromatic heterocycles. The number of hydrogen-bond donors (Lipinski definition) is 2. The highest BCUT2D eigenvalue weighted by Gasteiger charge is 2.52. The van der Waals surface area contributed by atoms with E-state index in [2.05, 4.69) is 20.5 Å². The maximum absolute atomic E-state index is 13.4. The van der Waals surface area contributed by atoms with Crippen LogP contribution in [0.4, 0.5) is 29.5 Å². The number of benzene rings is 1. The van der Waals surface area contributed by atoms with E-state index in [1.54, 1.807) is 32.2 Å². The molecule has 3 amide bonds. The number of H-pyrrole nitrogens is 1. The van der Waals surface area contributed by atoms with Crippen molar-refractivity contribution in [1.29, 1.82) is 0 Å². The summed E-state index contributed by atoms with van der Waals surface area (Å²) in [7, 11) is -5.56. The number of aromatic nitrogens is 3. The summed E-state index contributed by atoms with van der Waals surface area (Å²) in [4.78, 5) is 32.2. The zero-order valence-corrected chi connectivity index (χ0v) is 21.8. The molecular weight excluding hydrogens is 537 g/mol. The molecule has 1 unspecified atom stereocenters. The molecule has 1 atom stereocenters. The lowest BCUT2D eigenvalue weighted by Crippen LogP contribution is -2.43. The number of fused-ring (bicyclic) bond motifs is 1. The molecule has 1 aliphatic heterocycles. The third-order valence-corrected chi connectivity index (χ3v) is 8.57. The monoisotopic (exact) mass is 562 g/mol. The summed E-state index contributed by atoms with van der Waals surface area (Å²) >= 11 is 0. The van der Waals surface area contributed by atoms with Gasteiger partial charge in [0.25, 0.3) is 15.7 Å². The Bertz CT molecular complexity index is 1540. The summed E-state index contributed by atoms with van der Waals surface area (Å²) in [5, 5.41) is 10.5. The molecule has 206 valence electrons. The van der Waals surface area contributed by atoms with Gasteiger partial charge in [-0.2, -0.15) is 18.3 Å². The van der Waals surface area contributed by atoms with Crippen LogP contribution in [-0.2, 0) is 34.0 Å². The van der Waals surface area contributed by atoms with Gasteiger partial charge in [0.2, 0.25) is 0 Å². The van der Waals surface area contributed by atoms with Crippen LogP contribution >= 0.6 is 0 Å². The Morgan fingerprint density at radius 2 is 1.87 bits per heavy atom. The van der Waals surface area contributed by atoms with Crippen molar-refractivity contribution in [3.05, 3.63) is 65.6 Å². The number of amides is 3. The molecule has 0 bridgehead atoms. The van der Waals surface area contributed by atoms with E-state index < -0.39 is 37.7 Å². The molecule has 0 spiro atoms. The predicted molar refractivity (Wildman–Crippen MR) is 134 cm³/mol. The molecule has 14 heteroatoms. The van der Waals surface area contributed by atoms with Crippen molar-refractivity contribution in [3.8, 4) is 0 Å². The molecule has 10 nitrogen and oxygen atoms in total. The number of anilines is 2. The van der Waals surface area contributed by atoms with Crippen LogP contribution in [-0.4, -0.2) is 57.5 Å². The normalized spacial score (nSPS) is 19.4. The average Bonchev–Trinajstić information content (AvgIpc) is 3.40. The fourth-order valence-electron chi connectivity index (χ4n) is 4.81. The first kappa shape index (κ1) is 26.7. The zero-order valence-electron chi connectivity index (χ0n) is 21.0. The molecule has 0 saturated carbocycles. The van der Waals surface area contributed by atoms with E-state index in [9.17, 15) is 31.2 Å². The fraction of sp³-hybridized carbons (Fsp3) is 0.360. The molecule has 3 aromatic rings. The van der Waals surface area contributed by atoms with Crippen molar-refractivity contribution < 1.29 is 31.2 Å². The van der Waals surface area contributed by atoms with Crippen molar-refractivity contribution in [2.75, 3.05) is 10.2 Å².